The molecule has 0 bridgehead atoms. The number of hydrogen-bond acceptors (Lipinski definition) is 3. The van der Waals surface area contributed by atoms with Crippen molar-refractivity contribution in [2.75, 3.05) is 32.5 Å². The number of rotatable bonds is 6. The lowest BCUT2D eigenvalue weighted by atomic mass is 10.2. The van der Waals surface area contributed by atoms with Gasteiger partial charge in [0.05, 0.1) is 17.1 Å². The van der Waals surface area contributed by atoms with Crippen LogP contribution < -0.4 is 10.6 Å². The molecule has 1 aromatic carbocycles. The van der Waals surface area contributed by atoms with Crippen LogP contribution in [0.5, 0.6) is 0 Å². The highest BCUT2D eigenvalue weighted by Crippen LogP contribution is 2.36. The highest BCUT2D eigenvalue weighted by atomic mass is 35.5. The Morgan fingerprint density at radius 3 is 2.46 bits per heavy atom. The van der Waals surface area contributed by atoms with Crippen LogP contribution in [0.4, 0.5) is 18.9 Å². The van der Waals surface area contributed by atoms with Crippen LogP contribution in [0.25, 0.3) is 0 Å². The van der Waals surface area contributed by atoms with Gasteiger partial charge in [0.15, 0.2) is 0 Å². The van der Waals surface area contributed by atoms with Gasteiger partial charge in [0.1, 0.15) is 0 Å². The Balaban J connectivity index is 0.00000529. The molecule has 0 saturated carbocycles. The molecule has 0 unspecified atom stereocenters. The first-order valence-electron chi connectivity index (χ1n) is 6.70. The monoisotopic (exact) mass is 387 g/mol. The van der Waals surface area contributed by atoms with Crippen LogP contribution in [0.15, 0.2) is 18.2 Å². The van der Waals surface area contributed by atoms with E-state index < -0.39 is 22.7 Å². The van der Waals surface area contributed by atoms with Crippen molar-refractivity contribution >= 4 is 41.5 Å². The number of alkyl halides is 3. The van der Waals surface area contributed by atoms with Gasteiger partial charge >= 0.3 is 6.18 Å². The normalized spacial score (nSPS) is 10.8. The van der Waals surface area contributed by atoms with Crippen molar-refractivity contribution < 1.29 is 22.8 Å². The van der Waals surface area contributed by atoms with E-state index in [-0.39, 0.29) is 37.0 Å². The number of carbonyl (C=O) groups is 2. The van der Waals surface area contributed by atoms with E-state index in [2.05, 4.69) is 10.6 Å². The third kappa shape index (κ3) is 6.94. The van der Waals surface area contributed by atoms with Crippen molar-refractivity contribution in [1.82, 2.24) is 10.2 Å². The second kappa shape index (κ2) is 9.71. The van der Waals surface area contributed by atoms with E-state index in [1.807, 2.05) is 0 Å². The molecule has 1 rings (SSSR count). The predicted octanol–water partition coefficient (Wildman–Crippen LogP) is 2.79. The topological polar surface area (TPSA) is 61.4 Å². The third-order valence-corrected chi connectivity index (χ3v) is 3.28. The molecule has 2 amide bonds. The second-order valence-electron chi connectivity index (χ2n) is 4.84. The molecule has 24 heavy (non-hydrogen) atoms. The van der Waals surface area contributed by atoms with Gasteiger partial charge < -0.3 is 15.5 Å². The SMILES string of the molecule is CNCCC(=O)N(C)CC(=O)Nc1ccc(Cl)c(C(F)(F)F)c1.Cl. The number of amides is 2. The molecule has 0 radical (unpaired) electrons. The van der Waals surface area contributed by atoms with Crippen molar-refractivity contribution in [1.29, 1.82) is 0 Å². The number of hydrogen-bond donors (Lipinski definition) is 2. The maximum atomic E-state index is 12.7. The largest absolute Gasteiger partial charge is 0.417 e. The Bertz CT molecular complexity index is 583. The van der Waals surface area contributed by atoms with Crippen molar-refractivity contribution in [3.8, 4) is 0 Å². The minimum absolute atomic E-state index is 0. The van der Waals surface area contributed by atoms with Crippen molar-refractivity contribution in [2.45, 2.75) is 12.6 Å². The number of carbonyl (C=O) groups excluding carboxylic acids is 2. The number of nitrogens with one attached hydrogen (secondary N) is 2. The Kier molecular flexibility index (Phi) is 9.09. The van der Waals surface area contributed by atoms with E-state index in [1.165, 1.54) is 18.0 Å². The van der Waals surface area contributed by atoms with E-state index in [4.69, 9.17) is 11.6 Å². The fourth-order valence-electron chi connectivity index (χ4n) is 1.75. The lowest BCUT2D eigenvalue weighted by Gasteiger charge is -2.17. The molecular formula is C14H18Cl2F3N3O2. The maximum absolute atomic E-state index is 12.7. The summed E-state index contributed by atoms with van der Waals surface area (Å²) in [6.07, 6.45) is -4.39. The van der Waals surface area contributed by atoms with Gasteiger partial charge in [0, 0.05) is 25.7 Å². The highest BCUT2D eigenvalue weighted by molar-refractivity contribution is 6.31. The average Bonchev–Trinajstić information content (AvgIpc) is 2.45. The first-order chi connectivity index (χ1) is 10.6. The summed E-state index contributed by atoms with van der Waals surface area (Å²) < 4.78 is 38.2. The minimum Gasteiger partial charge on any atom is -0.336 e. The molecule has 0 atom stereocenters. The molecule has 0 fully saturated rings. The molecule has 2 N–H and O–H groups in total. The van der Waals surface area contributed by atoms with Gasteiger partial charge in [-0.25, -0.2) is 0 Å². The smallest absolute Gasteiger partial charge is 0.336 e. The molecule has 0 spiro atoms. The van der Waals surface area contributed by atoms with Crippen LogP contribution in [-0.4, -0.2) is 43.9 Å². The first kappa shape index (κ1) is 22.5. The fraction of sp³-hybridized carbons (Fsp3) is 0.429. The molecule has 1 aromatic rings. The summed E-state index contributed by atoms with van der Waals surface area (Å²) in [5, 5.41) is 4.67. The lowest BCUT2D eigenvalue weighted by molar-refractivity contribution is -0.137. The van der Waals surface area contributed by atoms with Gasteiger partial charge in [-0.15, -0.1) is 12.4 Å². The molecule has 0 saturated heterocycles. The summed E-state index contributed by atoms with van der Waals surface area (Å²) in [5.41, 5.74) is -1.07. The minimum atomic E-state index is -4.61. The number of likely N-dealkylation sites (N-methyl/N-ethyl adjacent to an activating group) is 1. The maximum Gasteiger partial charge on any atom is 0.417 e. The average molecular weight is 388 g/mol. The fourth-order valence-corrected chi connectivity index (χ4v) is 1.97. The summed E-state index contributed by atoms with van der Waals surface area (Å²) in [6, 6.07) is 3.07. The molecule has 0 aromatic heterocycles. The van der Waals surface area contributed by atoms with Crippen LogP contribution >= 0.6 is 24.0 Å². The Hall–Kier alpha value is -1.51. The zero-order valence-electron chi connectivity index (χ0n) is 13.0. The van der Waals surface area contributed by atoms with E-state index >= 15 is 0 Å². The third-order valence-electron chi connectivity index (χ3n) is 2.95. The van der Waals surface area contributed by atoms with E-state index in [9.17, 15) is 22.8 Å². The molecule has 0 aliphatic carbocycles. The van der Waals surface area contributed by atoms with Crippen LogP contribution in [0.1, 0.15) is 12.0 Å². The predicted molar refractivity (Wildman–Crippen MR) is 88.5 cm³/mol. The molecule has 0 heterocycles. The molecule has 136 valence electrons. The summed E-state index contributed by atoms with van der Waals surface area (Å²) in [5.74, 6) is -0.845. The Labute approximate surface area is 148 Å². The number of nitrogens with zero attached hydrogens (tertiary/aromatic N) is 1. The van der Waals surface area contributed by atoms with Gasteiger partial charge in [0.25, 0.3) is 0 Å². The van der Waals surface area contributed by atoms with E-state index in [1.54, 1.807) is 7.05 Å². The molecule has 0 aliphatic heterocycles. The van der Waals surface area contributed by atoms with Gasteiger partial charge in [-0.2, -0.15) is 13.2 Å². The van der Waals surface area contributed by atoms with Crippen LogP contribution in [0.2, 0.25) is 5.02 Å². The number of benzene rings is 1. The standard InChI is InChI=1S/C14H17ClF3N3O2.ClH/c1-19-6-5-13(23)21(2)8-12(22)20-9-3-4-11(15)10(7-9)14(16,17)18;/h3-4,7,19H,5-6,8H2,1-2H3,(H,20,22);1H. The van der Waals surface area contributed by atoms with E-state index in [0.29, 0.717) is 6.54 Å². The molecule has 10 heteroatoms. The second-order valence-corrected chi connectivity index (χ2v) is 5.25. The highest BCUT2D eigenvalue weighted by Gasteiger charge is 2.33. The Morgan fingerprint density at radius 2 is 1.92 bits per heavy atom. The summed E-state index contributed by atoms with van der Waals surface area (Å²) >= 11 is 5.50. The first-order valence-corrected chi connectivity index (χ1v) is 7.08. The summed E-state index contributed by atoms with van der Waals surface area (Å²) in [4.78, 5) is 24.7. The van der Waals surface area contributed by atoms with Crippen LogP contribution in [-0.2, 0) is 15.8 Å². The van der Waals surface area contributed by atoms with Crippen molar-refractivity contribution in [3.05, 3.63) is 28.8 Å². The molecule has 5 nitrogen and oxygen atoms in total. The van der Waals surface area contributed by atoms with E-state index in [0.717, 1.165) is 12.1 Å². The zero-order chi connectivity index (χ0) is 17.6. The molecular weight excluding hydrogens is 370 g/mol. The lowest BCUT2D eigenvalue weighted by Crippen LogP contribution is -2.36. The van der Waals surface area contributed by atoms with Gasteiger partial charge in [-0.05, 0) is 25.2 Å². The summed E-state index contributed by atoms with van der Waals surface area (Å²) in [6.45, 7) is 0.212. The zero-order valence-corrected chi connectivity index (χ0v) is 14.6. The number of halogens is 5. The summed E-state index contributed by atoms with van der Waals surface area (Å²) in [7, 11) is 3.14. The van der Waals surface area contributed by atoms with Crippen LogP contribution in [0, 0.1) is 0 Å². The molecule has 0 aliphatic rings. The number of anilines is 1. The van der Waals surface area contributed by atoms with Gasteiger partial charge in [0.2, 0.25) is 11.8 Å². The van der Waals surface area contributed by atoms with Crippen molar-refractivity contribution in [2.24, 2.45) is 0 Å². The van der Waals surface area contributed by atoms with Crippen molar-refractivity contribution in [3.63, 3.8) is 0 Å². The van der Waals surface area contributed by atoms with Crippen LogP contribution in [0.3, 0.4) is 0 Å². The quantitative estimate of drug-likeness (QED) is 0.788. The van der Waals surface area contributed by atoms with Gasteiger partial charge in [-0.3, -0.25) is 9.59 Å². The Morgan fingerprint density at radius 1 is 1.29 bits per heavy atom. The van der Waals surface area contributed by atoms with Gasteiger partial charge in [-0.1, -0.05) is 11.6 Å².